The Balaban J connectivity index is 1.51. The van der Waals surface area contributed by atoms with E-state index in [4.69, 9.17) is 20.4 Å². The fourth-order valence-electron chi connectivity index (χ4n) is 4.43. The molecule has 0 bridgehead atoms. The van der Waals surface area contributed by atoms with Gasteiger partial charge in [0, 0.05) is 5.54 Å². The van der Waals surface area contributed by atoms with Crippen LogP contribution in [0, 0.1) is 5.92 Å². The summed E-state index contributed by atoms with van der Waals surface area (Å²) in [6, 6.07) is 8.24. The number of phosphoric acid groups is 1. The summed E-state index contributed by atoms with van der Waals surface area (Å²) >= 11 is 0. The number of benzene rings is 1. The second-order valence-corrected chi connectivity index (χ2v) is 9.90. The van der Waals surface area contributed by atoms with E-state index < -0.39 is 13.4 Å². The maximum atomic E-state index is 10.9. The molecule has 0 aromatic heterocycles. The predicted octanol–water partition coefficient (Wildman–Crippen LogP) is 4.08. The summed E-state index contributed by atoms with van der Waals surface area (Å²) in [6.07, 6.45) is 8.62. The molecular formula is C21H33N2O5P. The average molecular weight is 424 g/mol. The van der Waals surface area contributed by atoms with Crippen molar-refractivity contribution in [1.82, 2.24) is 0 Å². The van der Waals surface area contributed by atoms with Gasteiger partial charge in [0.2, 0.25) is 0 Å². The van der Waals surface area contributed by atoms with Crippen LogP contribution in [-0.4, -0.2) is 34.3 Å². The van der Waals surface area contributed by atoms with Crippen LogP contribution in [-0.2, 0) is 13.9 Å². The van der Waals surface area contributed by atoms with Gasteiger partial charge < -0.3 is 20.4 Å². The first-order valence-corrected chi connectivity index (χ1v) is 12.0. The van der Waals surface area contributed by atoms with Gasteiger partial charge in [0.05, 0.1) is 12.3 Å². The monoisotopic (exact) mass is 424 g/mol. The molecule has 2 fully saturated rings. The fourth-order valence-corrected chi connectivity index (χ4v) is 4.85. The molecule has 0 amide bonds. The molecule has 0 spiro atoms. The van der Waals surface area contributed by atoms with Crippen LogP contribution in [0.1, 0.15) is 75.3 Å². The minimum absolute atomic E-state index is 0.129. The maximum absolute atomic E-state index is 10.9. The Kier molecular flexibility index (Phi) is 7.52. The van der Waals surface area contributed by atoms with E-state index >= 15 is 0 Å². The Morgan fingerprint density at radius 3 is 2.55 bits per heavy atom. The normalized spacial score (nSPS) is 26.6. The highest BCUT2D eigenvalue weighted by Gasteiger charge is 2.38. The largest absolute Gasteiger partial charge is 0.469 e. The lowest BCUT2D eigenvalue weighted by Gasteiger charge is -2.24. The Morgan fingerprint density at radius 2 is 1.90 bits per heavy atom. The number of oxime groups is 1. The predicted molar refractivity (Wildman–Crippen MR) is 113 cm³/mol. The Morgan fingerprint density at radius 1 is 1.21 bits per heavy atom. The lowest BCUT2D eigenvalue weighted by Crippen LogP contribution is -2.41. The molecule has 0 saturated heterocycles. The smallest absolute Gasteiger partial charge is 0.395 e. The van der Waals surface area contributed by atoms with Gasteiger partial charge in [-0.3, -0.25) is 4.52 Å². The highest BCUT2D eigenvalue weighted by atomic mass is 31.2. The van der Waals surface area contributed by atoms with Crippen molar-refractivity contribution in [3.63, 3.8) is 0 Å². The summed E-state index contributed by atoms with van der Waals surface area (Å²) in [7, 11) is -4.49. The Bertz CT molecular complexity index is 742. The van der Waals surface area contributed by atoms with Crippen LogP contribution >= 0.6 is 7.82 Å². The molecule has 0 radical (unpaired) electrons. The van der Waals surface area contributed by atoms with Crippen molar-refractivity contribution in [3.05, 3.63) is 35.4 Å². The van der Waals surface area contributed by atoms with Crippen molar-refractivity contribution in [3.8, 4) is 0 Å². The van der Waals surface area contributed by atoms with E-state index in [1.54, 1.807) is 0 Å². The number of nitrogens with two attached hydrogens (primary N) is 1. The molecule has 1 aromatic carbocycles. The van der Waals surface area contributed by atoms with Crippen LogP contribution in [0.4, 0.5) is 0 Å². The Labute approximate surface area is 172 Å². The lowest BCUT2D eigenvalue weighted by molar-refractivity contribution is 0.0916. The van der Waals surface area contributed by atoms with Crippen LogP contribution in [0.5, 0.6) is 0 Å². The molecule has 1 aromatic rings. The molecule has 2 atom stereocenters. The summed E-state index contributed by atoms with van der Waals surface area (Å²) in [5.41, 5.74) is 8.65. The van der Waals surface area contributed by atoms with E-state index in [1.807, 2.05) is 19.1 Å². The third-order valence-electron chi connectivity index (χ3n) is 6.20. The minimum Gasteiger partial charge on any atom is -0.395 e. The van der Waals surface area contributed by atoms with Crippen LogP contribution < -0.4 is 5.73 Å². The van der Waals surface area contributed by atoms with Gasteiger partial charge in [-0.25, -0.2) is 4.57 Å². The molecule has 2 aliphatic rings. The van der Waals surface area contributed by atoms with E-state index in [0.29, 0.717) is 25.4 Å². The number of hydrogen-bond donors (Lipinski definition) is 3. The third kappa shape index (κ3) is 6.90. The summed E-state index contributed by atoms with van der Waals surface area (Å²) in [5, 5.41) is 4.29. The van der Waals surface area contributed by atoms with E-state index in [9.17, 15) is 4.57 Å². The average Bonchev–Trinajstić information content (AvgIpc) is 3.10. The second kappa shape index (κ2) is 9.71. The van der Waals surface area contributed by atoms with E-state index in [-0.39, 0.29) is 12.5 Å². The van der Waals surface area contributed by atoms with Crippen LogP contribution in [0.25, 0.3) is 0 Å². The zero-order valence-corrected chi connectivity index (χ0v) is 18.0. The van der Waals surface area contributed by atoms with Crippen LogP contribution in [0.15, 0.2) is 29.4 Å². The molecule has 8 heteroatoms. The van der Waals surface area contributed by atoms with Gasteiger partial charge in [0.25, 0.3) is 0 Å². The van der Waals surface area contributed by atoms with Crippen molar-refractivity contribution in [2.45, 2.75) is 69.7 Å². The van der Waals surface area contributed by atoms with Gasteiger partial charge in [-0.05, 0) is 62.0 Å². The molecule has 162 valence electrons. The minimum atomic E-state index is -4.49. The third-order valence-corrected chi connectivity index (χ3v) is 6.67. The molecule has 0 unspecified atom stereocenters. The SMILES string of the molecule is C/C(=N\OCC1CCCCC1)c1ccc([C@@H]2CC[C@](N)(COP(=O)(O)O)C2)cc1. The standard InChI is InChI=1S/C21H33N2O5P/c1-16(23-27-14-17-5-3-2-4-6-17)18-7-9-19(10-8-18)20-11-12-21(22,13-20)15-28-29(24,25)26/h7-10,17,20H,2-6,11-15,22H2,1H3,(H2,24,25,26)/b23-16+/t20-,21-/m1/s1. The number of rotatable bonds is 8. The first-order chi connectivity index (χ1) is 13.7. The molecule has 0 aliphatic heterocycles. The molecule has 7 nitrogen and oxygen atoms in total. The molecular weight excluding hydrogens is 391 g/mol. The van der Waals surface area contributed by atoms with E-state index in [1.165, 1.54) is 37.7 Å². The summed E-state index contributed by atoms with van der Waals surface area (Å²) in [4.78, 5) is 23.4. The zero-order chi connectivity index (χ0) is 20.9. The maximum Gasteiger partial charge on any atom is 0.469 e. The second-order valence-electron chi connectivity index (χ2n) is 8.66. The van der Waals surface area contributed by atoms with Gasteiger partial charge in [-0.15, -0.1) is 0 Å². The number of phosphoric ester groups is 1. The molecule has 2 saturated carbocycles. The van der Waals surface area contributed by atoms with E-state index in [0.717, 1.165) is 17.7 Å². The van der Waals surface area contributed by atoms with Crippen molar-refractivity contribution in [2.24, 2.45) is 16.8 Å². The van der Waals surface area contributed by atoms with Crippen molar-refractivity contribution >= 4 is 13.5 Å². The molecule has 2 aliphatic carbocycles. The highest BCUT2D eigenvalue weighted by molar-refractivity contribution is 7.46. The first kappa shape index (κ1) is 22.4. The quantitative estimate of drug-likeness (QED) is 0.329. The molecule has 3 rings (SSSR count). The molecule has 4 N–H and O–H groups in total. The van der Waals surface area contributed by atoms with Gasteiger partial charge in [-0.1, -0.05) is 48.7 Å². The van der Waals surface area contributed by atoms with Crippen LogP contribution in [0.2, 0.25) is 0 Å². The molecule has 0 heterocycles. The molecule has 29 heavy (non-hydrogen) atoms. The van der Waals surface area contributed by atoms with Gasteiger partial charge in [0.1, 0.15) is 6.61 Å². The Hall–Kier alpha value is -1.24. The summed E-state index contributed by atoms with van der Waals surface area (Å²) < 4.78 is 15.6. The highest BCUT2D eigenvalue weighted by Crippen LogP contribution is 2.43. The van der Waals surface area contributed by atoms with Gasteiger partial charge >= 0.3 is 7.82 Å². The first-order valence-electron chi connectivity index (χ1n) is 10.5. The van der Waals surface area contributed by atoms with Crippen molar-refractivity contribution in [1.29, 1.82) is 0 Å². The fraction of sp³-hybridized carbons (Fsp3) is 0.667. The summed E-state index contributed by atoms with van der Waals surface area (Å²) in [5.74, 6) is 0.894. The number of nitrogens with zero attached hydrogens (tertiary/aromatic N) is 1. The lowest BCUT2D eigenvalue weighted by atomic mass is 9.90. The topological polar surface area (TPSA) is 114 Å². The summed E-state index contributed by atoms with van der Waals surface area (Å²) in [6.45, 7) is 2.53. The zero-order valence-electron chi connectivity index (χ0n) is 17.1. The van der Waals surface area contributed by atoms with Gasteiger partial charge in [-0.2, -0.15) is 0 Å². The van der Waals surface area contributed by atoms with Crippen molar-refractivity contribution in [2.75, 3.05) is 13.2 Å². The van der Waals surface area contributed by atoms with Crippen molar-refractivity contribution < 1.29 is 23.7 Å². The van der Waals surface area contributed by atoms with E-state index in [2.05, 4.69) is 21.8 Å². The number of hydrogen-bond acceptors (Lipinski definition) is 5. The van der Waals surface area contributed by atoms with Crippen LogP contribution in [0.3, 0.4) is 0 Å². The van der Waals surface area contributed by atoms with Gasteiger partial charge in [0.15, 0.2) is 0 Å².